The highest BCUT2D eigenvalue weighted by molar-refractivity contribution is 4.67. The Labute approximate surface area is 75.2 Å². The van der Waals surface area contributed by atoms with E-state index in [9.17, 15) is 0 Å². The van der Waals surface area contributed by atoms with Crippen LogP contribution in [0.3, 0.4) is 0 Å². The van der Waals surface area contributed by atoms with Crippen LogP contribution in [0.1, 0.15) is 27.2 Å². The first-order valence-corrected chi connectivity index (χ1v) is 4.54. The average molecular weight is 175 g/mol. The van der Waals surface area contributed by atoms with Gasteiger partial charge in [-0.1, -0.05) is 6.92 Å². The number of rotatable bonds is 7. The van der Waals surface area contributed by atoms with E-state index in [1.165, 1.54) is 0 Å². The molecule has 0 aliphatic rings. The van der Waals surface area contributed by atoms with Crippen molar-refractivity contribution in [2.45, 2.75) is 32.8 Å². The molecule has 0 aliphatic carbocycles. The van der Waals surface area contributed by atoms with Crippen LogP contribution < -0.4 is 5.73 Å². The van der Waals surface area contributed by atoms with Gasteiger partial charge in [0.1, 0.15) is 0 Å². The van der Waals surface area contributed by atoms with Gasteiger partial charge in [-0.2, -0.15) is 0 Å². The summed E-state index contributed by atoms with van der Waals surface area (Å²) >= 11 is 0. The van der Waals surface area contributed by atoms with Gasteiger partial charge in [-0.05, 0) is 20.3 Å². The summed E-state index contributed by atoms with van der Waals surface area (Å²) in [7, 11) is 0. The van der Waals surface area contributed by atoms with Crippen molar-refractivity contribution in [3.05, 3.63) is 0 Å². The largest absolute Gasteiger partial charge is 0.378 e. The number of ether oxygens (including phenoxy) is 2. The summed E-state index contributed by atoms with van der Waals surface area (Å²) in [4.78, 5) is 0. The molecule has 0 rings (SSSR count). The lowest BCUT2D eigenvalue weighted by Gasteiger charge is -2.24. The lowest BCUT2D eigenvalue weighted by molar-refractivity contribution is -0.0720. The molecule has 3 nitrogen and oxygen atoms in total. The van der Waals surface area contributed by atoms with Crippen LogP contribution in [0.15, 0.2) is 0 Å². The van der Waals surface area contributed by atoms with Crippen LogP contribution in [0.5, 0.6) is 0 Å². The van der Waals surface area contributed by atoms with Crippen molar-refractivity contribution < 1.29 is 9.47 Å². The van der Waals surface area contributed by atoms with Crippen LogP contribution in [0.25, 0.3) is 0 Å². The number of hydrogen-bond donors (Lipinski definition) is 1. The van der Waals surface area contributed by atoms with Gasteiger partial charge in [0.2, 0.25) is 0 Å². The van der Waals surface area contributed by atoms with Crippen molar-refractivity contribution in [1.29, 1.82) is 0 Å². The average Bonchev–Trinajstić information content (AvgIpc) is 2.01. The summed E-state index contributed by atoms with van der Waals surface area (Å²) in [6, 6.07) is 0. The van der Waals surface area contributed by atoms with Crippen LogP contribution >= 0.6 is 0 Å². The smallest absolute Gasteiger partial charge is 0.0859 e. The second-order valence-electron chi connectivity index (χ2n) is 3.45. The van der Waals surface area contributed by atoms with Gasteiger partial charge >= 0.3 is 0 Å². The normalized spacial score (nSPS) is 12.0. The fourth-order valence-electron chi connectivity index (χ4n) is 0.839. The maximum atomic E-state index is 5.48. The second-order valence-corrected chi connectivity index (χ2v) is 3.45. The maximum Gasteiger partial charge on any atom is 0.0859 e. The van der Waals surface area contributed by atoms with Crippen molar-refractivity contribution in [2.75, 3.05) is 26.4 Å². The van der Waals surface area contributed by atoms with E-state index < -0.39 is 0 Å². The zero-order valence-electron chi connectivity index (χ0n) is 8.43. The fraction of sp³-hybridized carbons (Fsp3) is 1.00. The summed E-state index contributed by atoms with van der Waals surface area (Å²) < 4.78 is 10.9. The minimum atomic E-state index is -0.200. The highest BCUT2D eigenvalue weighted by atomic mass is 16.5. The molecular formula is C9H21NO2. The molecule has 0 aromatic carbocycles. The maximum absolute atomic E-state index is 5.48. The van der Waals surface area contributed by atoms with E-state index in [1.807, 2.05) is 13.8 Å². The van der Waals surface area contributed by atoms with Crippen LogP contribution in [0.4, 0.5) is 0 Å². The molecule has 0 saturated heterocycles. The van der Waals surface area contributed by atoms with Crippen molar-refractivity contribution in [3.8, 4) is 0 Å². The molecule has 0 atom stereocenters. The van der Waals surface area contributed by atoms with Gasteiger partial charge in [-0.15, -0.1) is 0 Å². The van der Waals surface area contributed by atoms with E-state index in [-0.39, 0.29) is 5.60 Å². The van der Waals surface area contributed by atoms with Gasteiger partial charge in [-0.25, -0.2) is 0 Å². The van der Waals surface area contributed by atoms with E-state index in [0.29, 0.717) is 19.8 Å². The van der Waals surface area contributed by atoms with Gasteiger partial charge in [0.15, 0.2) is 0 Å². The predicted octanol–water partition coefficient (Wildman–Crippen LogP) is 1.17. The van der Waals surface area contributed by atoms with Gasteiger partial charge in [0.05, 0.1) is 18.8 Å². The molecule has 0 unspecified atom stereocenters. The Morgan fingerprint density at radius 2 is 1.92 bits per heavy atom. The van der Waals surface area contributed by atoms with Gasteiger partial charge < -0.3 is 15.2 Å². The second kappa shape index (κ2) is 6.40. The van der Waals surface area contributed by atoms with Gasteiger partial charge in [-0.3, -0.25) is 0 Å². The van der Waals surface area contributed by atoms with E-state index in [4.69, 9.17) is 15.2 Å². The summed E-state index contributed by atoms with van der Waals surface area (Å²) in [5, 5.41) is 0. The Morgan fingerprint density at radius 1 is 1.25 bits per heavy atom. The molecular weight excluding hydrogens is 154 g/mol. The summed E-state index contributed by atoms with van der Waals surface area (Å²) in [6.45, 7) is 8.72. The van der Waals surface area contributed by atoms with Crippen molar-refractivity contribution in [2.24, 2.45) is 5.73 Å². The Hall–Kier alpha value is -0.120. The highest BCUT2D eigenvalue weighted by Crippen LogP contribution is 2.08. The zero-order valence-corrected chi connectivity index (χ0v) is 8.43. The summed E-state index contributed by atoms with van der Waals surface area (Å²) in [6.07, 6.45) is 1.05. The molecule has 0 aromatic rings. The van der Waals surface area contributed by atoms with Crippen LogP contribution in [0, 0.1) is 0 Å². The first-order valence-electron chi connectivity index (χ1n) is 4.54. The molecule has 0 heterocycles. The Morgan fingerprint density at radius 3 is 2.42 bits per heavy atom. The standard InChI is InChI=1S/C9H21NO2/c1-4-6-11-8-9(2,3)12-7-5-10/h4-8,10H2,1-3H3. The molecule has 3 heteroatoms. The third kappa shape index (κ3) is 6.58. The topological polar surface area (TPSA) is 44.5 Å². The summed E-state index contributed by atoms with van der Waals surface area (Å²) in [5.41, 5.74) is 5.12. The molecule has 0 radical (unpaired) electrons. The van der Waals surface area contributed by atoms with E-state index in [0.717, 1.165) is 13.0 Å². The van der Waals surface area contributed by atoms with Gasteiger partial charge in [0, 0.05) is 13.2 Å². The molecule has 0 aromatic heterocycles. The molecule has 2 N–H and O–H groups in total. The van der Waals surface area contributed by atoms with Crippen LogP contribution in [-0.2, 0) is 9.47 Å². The molecule has 0 saturated carbocycles. The van der Waals surface area contributed by atoms with E-state index >= 15 is 0 Å². The zero-order chi connectivity index (χ0) is 9.45. The molecule has 0 amide bonds. The minimum absolute atomic E-state index is 0.200. The lowest BCUT2D eigenvalue weighted by atomic mass is 10.1. The molecule has 12 heavy (non-hydrogen) atoms. The first-order chi connectivity index (χ1) is 5.62. The third-order valence-electron chi connectivity index (χ3n) is 1.41. The van der Waals surface area contributed by atoms with Crippen molar-refractivity contribution >= 4 is 0 Å². The molecule has 0 fully saturated rings. The molecule has 0 bridgehead atoms. The van der Waals surface area contributed by atoms with Crippen molar-refractivity contribution in [1.82, 2.24) is 0 Å². The molecule has 0 spiro atoms. The number of hydrogen-bond acceptors (Lipinski definition) is 3. The predicted molar refractivity (Wildman–Crippen MR) is 50.2 cm³/mol. The quantitative estimate of drug-likeness (QED) is 0.591. The molecule has 0 aliphatic heterocycles. The lowest BCUT2D eigenvalue weighted by Crippen LogP contribution is -2.32. The highest BCUT2D eigenvalue weighted by Gasteiger charge is 2.17. The van der Waals surface area contributed by atoms with Crippen molar-refractivity contribution in [3.63, 3.8) is 0 Å². The van der Waals surface area contributed by atoms with Gasteiger partial charge in [0.25, 0.3) is 0 Å². The third-order valence-corrected chi connectivity index (χ3v) is 1.41. The van der Waals surface area contributed by atoms with Crippen LogP contribution in [0.2, 0.25) is 0 Å². The van der Waals surface area contributed by atoms with E-state index in [1.54, 1.807) is 0 Å². The minimum Gasteiger partial charge on any atom is -0.378 e. The summed E-state index contributed by atoms with van der Waals surface area (Å²) in [5.74, 6) is 0. The van der Waals surface area contributed by atoms with E-state index in [2.05, 4.69) is 6.92 Å². The Balaban J connectivity index is 3.42. The monoisotopic (exact) mass is 175 g/mol. The Kier molecular flexibility index (Phi) is 6.34. The number of nitrogens with two attached hydrogens (primary N) is 1. The Bertz CT molecular complexity index is 105. The fourth-order valence-corrected chi connectivity index (χ4v) is 0.839. The molecule has 74 valence electrons. The van der Waals surface area contributed by atoms with Crippen LogP contribution in [-0.4, -0.2) is 32.0 Å². The SMILES string of the molecule is CCCOCC(C)(C)OCCN. The first kappa shape index (κ1) is 11.9.